The van der Waals surface area contributed by atoms with Gasteiger partial charge in [-0.2, -0.15) is 11.8 Å². The van der Waals surface area contributed by atoms with Crippen LogP contribution in [0.1, 0.15) is 31.7 Å². The highest BCUT2D eigenvalue weighted by atomic mass is 35.5. The number of benzene rings is 1. The van der Waals surface area contributed by atoms with E-state index in [-0.39, 0.29) is 18.3 Å². The molecule has 2 rings (SSSR count). The highest BCUT2D eigenvalue weighted by Gasteiger charge is 2.16. The zero-order chi connectivity index (χ0) is 13.7. The van der Waals surface area contributed by atoms with E-state index in [1.807, 2.05) is 23.9 Å². The zero-order valence-electron chi connectivity index (χ0n) is 12.0. The number of rotatable bonds is 4. The molecule has 2 N–H and O–H groups in total. The minimum Gasteiger partial charge on any atom is -0.326 e. The molecule has 112 valence electrons. The number of anilines is 1. The van der Waals surface area contributed by atoms with E-state index in [4.69, 9.17) is 0 Å². The maximum absolute atomic E-state index is 11.9. The monoisotopic (exact) mass is 314 g/mol. The number of halogens is 1. The van der Waals surface area contributed by atoms with Crippen LogP contribution >= 0.6 is 24.2 Å². The molecular formula is C15H23ClN2OS. The van der Waals surface area contributed by atoms with Gasteiger partial charge in [0, 0.05) is 36.2 Å². The van der Waals surface area contributed by atoms with Crippen LogP contribution in [0, 0.1) is 0 Å². The Labute approximate surface area is 131 Å². The van der Waals surface area contributed by atoms with Gasteiger partial charge in [-0.3, -0.25) is 4.79 Å². The third kappa shape index (κ3) is 5.35. The lowest BCUT2D eigenvalue weighted by Gasteiger charge is -2.22. The Hall–Kier alpha value is -0.710. The summed E-state index contributed by atoms with van der Waals surface area (Å²) in [4.78, 5) is 11.9. The van der Waals surface area contributed by atoms with Crippen LogP contribution in [-0.4, -0.2) is 30.0 Å². The van der Waals surface area contributed by atoms with Crippen LogP contribution in [-0.2, 0) is 4.79 Å². The smallest absolute Gasteiger partial charge is 0.225 e. The molecule has 5 heteroatoms. The number of hydrogen-bond donors (Lipinski definition) is 2. The van der Waals surface area contributed by atoms with Gasteiger partial charge in [0.05, 0.1) is 0 Å². The predicted octanol–water partition coefficient (Wildman–Crippen LogP) is 3.27. The molecule has 0 saturated carbocycles. The van der Waals surface area contributed by atoms with Gasteiger partial charge in [-0.1, -0.05) is 26.0 Å². The van der Waals surface area contributed by atoms with Gasteiger partial charge >= 0.3 is 0 Å². The van der Waals surface area contributed by atoms with E-state index in [2.05, 4.69) is 36.6 Å². The second-order valence-electron chi connectivity index (χ2n) is 5.25. The van der Waals surface area contributed by atoms with E-state index in [0.717, 1.165) is 23.7 Å². The third-order valence-electron chi connectivity index (χ3n) is 3.29. The predicted molar refractivity (Wildman–Crippen MR) is 90.1 cm³/mol. The molecule has 20 heavy (non-hydrogen) atoms. The van der Waals surface area contributed by atoms with E-state index < -0.39 is 0 Å². The lowest BCUT2D eigenvalue weighted by atomic mass is 10.0. The van der Waals surface area contributed by atoms with Crippen LogP contribution < -0.4 is 10.6 Å². The second-order valence-corrected chi connectivity index (χ2v) is 6.40. The quantitative estimate of drug-likeness (QED) is 0.896. The van der Waals surface area contributed by atoms with Gasteiger partial charge in [0.15, 0.2) is 0 Å². The van der Waals surface area contributed by atoms with Crippen molar-refractivity contribution in [2.75, 3.05) is 23.4 Å². The molecule has 3 nitrogen and oxygen atoms in total. The minimum absolute atomic E-state index is 0. The second kappa shape index (κ2) is 8.55. The Morgan fingerprint density at radius 3 is 2.65 bits per heavy atom. The van der Waals surface area contributed by atoms with E-state index in [1.54, 1.807) is 0 Å². The van der Waals surface area contributed by atoms with Crippen molar-refractivity contribution in [3.8, 4) is 0 Å². The van der Waals surface area contributed by atoms with E-state index >= 15 is 0 Å². The molecule has 1 amide bonds. The standard InChI is InChI=1S/C15H22N2OS.ClH/c1-11(2)12-3-5-13(6-4-12)17-15(18)9-14-10-19-8-7-16-14;/h3-6,11,14,16H,7-10H2,1-2H3,(H,17,18);1H. The Balaban J connectivity index is 0.00000200. The average Bonchev–Trinajstić information content (AvgIpc) is 2.40. The van der Waals surface area contributed by atoms with Gasteiger partial charge in [0.1, 0.15) is 0 Å². The number of carbonyl (C=O) groups is 1. The fourth-order valence-corrected chi connectivity index (χ4v) is 3.09. The van der Waals surface area contributed by atoms with Crippen molar-refractivity contribution >= 4 is 35.8 Å². The zero-order valence-corrected chi connectivity index (χ0v) is 13.7. The fraction of sp³-hybridized carbons (Fsp3) is 0.533. The van der Waals surface area contributed by atoms with Crippen molar-refractivity contribution < 1.29 is 4.79 Å². The van der Waals surface area contributed by atoms with Crippen molar-refractivity contribution in [3.05, 3.63) is 29.8 Å². The number of thioether (sulfide) groups is 1. The highest BCUT2D eigenvalue weighted by molar-refractivity contribution is 7.99. The van der Waals surface area contributed by atoms with Crippen LogP contribution in [0.15, 0.2) is 24.3 Å². The summed E-state index contributed by atoms with van der Waals surface area (Å²) in [5.41, 5.74) is 2.18. The van der Waals surface area contributed by atoms with Gasteiger partial charge < -0.3 is 10.6 Å². The maximum atomic E-state index is 11.9. The van der Waals surface area contributed by atoms with Crippen LogP contribution in [0.25, 0.3) is 0 Å². The first-order valence-electron chi connectivity index (χ1n) is 6.86. The van der Waals surface area contributed by atoms with Crippen molar-refractivity contribution in [2.24, 2.45) is 0 Å². The highest BCUT2D eigenvalue weighted by Crippen LogP contribution is 2.17. The maximum Gasteiger partial charge on any atom is 0.225 e. The largest absolute Gasteiger partial charge is 0.326 e. The molecule has 0 aliphatic carbocycles. The number of hydrogen-bond acceptors (Lipinski definition) is 3. The molecule has 1 fully saturated rings. The summed E-state index contributed by atoms with van der Waals surface area (Å²) in [5, 5.41) is 6.35. The molecular weight excluding hydrogens is 292 g/mol. The van der Waals surface area contributed by atoms with Gasteiger partial charge in [0.2, 0.25) is 5.91 Å². The van der Waals surface area contributed by atoms with Crippen molar-refractivity contribution in [1.29, 1.82) is 0 Å². The summed E-state index contributed by atoms with van der Waals surface area (Å²) in [5.74, 6) is 2.79. The summed E-state index contributed by atoms with van der Waals surface area (Å²) in [6, 6.07) is 8.44. The normalized spacial score (nSPS) is 18.4. The summed E-state index contributed by atoms with van der Waals surface area (Å²) in [6.07, 6.45) is 0.554. The van der Waals surface area contributed by atoms with Crippen LogP contribution in [0.4, 0.5) is 5.69 Å². The van der Waals surface area contributed by atoms with Crippen molar-refractivity contribution in [1.82, 2.24) is 5.32 Å². The van der Waals surface area contributed by atoms with Crippen LogP contribution in [0.2, 0.25) is 0 Å². The summed E-state index contributed by atoms with van der Waals surface area (Å²) >= 11 is 1.91. The number of amides is 1. The molecule has 1 unspecified atom stereocenters. The van der Waals surface area contributed by atoms with Gasteiger partial charge in [-0.15, -0.1) is 12.4 Å². The molecule has 1 atom stereocenters. The fourth-order valence-electron chi connectivity index (χ4n) is 2.14. The Morgan fingerprint density at radius 1 is 1.40 bits per heavy atom. The molecule has 1 aromatic carbocycles. The van der Waals surface area contributed by atoms with Gasteiger partial charge in [-0.25, -0.2) is 0 Å². The lowest BCUT2D eigenvalue weighted by molar-refractivity contribution is -0.116. The summed E-state index contributed by atoms with van der Waals surface area (Å²) < 4.78 is 0. The first-order chi connectivity index (χ1) is 9.15. The van der Waals surface area contributed by atoms with Gasteiger partial charge in [0.25, 0.3) is 0 Å². The Kier molecular flexibility index (Phi) is 7.41. The molecule has 0 aromatic heterocycles. The van der Waals surface area contributed by atoms with E-state index in [0.29, 0.717) is 18.4 Å². The van der Waals surface area contributed by atoms with Crippen molar-refractivity contribution in [2.45, 2.75) is 32.2 Å². The number of nitrogens with one attached hydrogen (secondary N) is 2. The first-order valence-corrected chi connectivity index (χ1v) is 8.01. The molecule has 0 radical (unpaired) electrons. The van der Waals surface area contributed by atoms with Crippen molar-refractivity contribution in [3.63, 3.8) is 0 Å². The molecule has 1 saturated heterocycles. The molecule has 0 spiro atoms. The number of carbonyl (C=O) groups excluding carboxylic acids is 1. The summed E-state index contributed by atoms with van der Waals surface area (Å²) in [6.45, 7) is 5.34. The van der Waals surface area contributed by atoms with Crippen LogP contribution in [0.3, 0.4) is 0 Å². The molecule has 1 aromatic rings. The summed E-state index contributed by atoms with van der Waals surface area (Å²) in [7, 11) is 0. The molecule has 1 aliphatic rings. The van der Waals surface area contributed by atoms with E-state index in [9.17, 15) is 4.79 Å². The Bertz CT molecular complexity index is 416. The minimum atomic E-state index is 0. The molecule has 1 aliphatic heterocycles. The average molecular weight is 315 g/mol. The van der Waals surface area contributed by atoms with Crippen LogP contribution in [0.5, 0.6) is 0 Å². The lowest BCUT2D eigenvalue weighted by Crippen LogP contribution is -2.39. The topological polar surface area (TPSA) is 41.1 Å². The van der Waals surface area contributed by atoms with E-state index in [1.165, 1.54) is 5.56 Å². The SMILES string of the molecule is CC(C)c1ccc(NC(=O)CC2CSCCN2)cc1.Cl. The molecule has 1 heterocycles. The molecule has 0 bridgehead atoms. The van der Waals surface area contributed by atoms with Gasteiger partial charge in [-0.05, 0) is 23.6 Å². The third-order valence-corrected chi connectivity index (χ3v) is 4.42. The Morgan fingerprint density at radius 2 is 2.10 bits per heavy atom. The first kappa shape index (κ1) is 17.3.